The third-order valence-corrected chi connectivity index (χ3v) is 7.80. The number of aliphatic hydroxyl groups excluding tert-OH is 2. The van der Waals surface area contributed by atoms with Gasteiger partial charge >= 0.3 is 0 Å². The van der Waals surface area contributed by atoms with E-state index >= 15 is 0 Å². The zero-order chi connectivity index (χ0) is 24.5. The first kappa shape index (κ1) is 22.8. The predicted octanol–water partition coefficient (Wildman–Crippen LogP) is 5.65. The number of fused-ring (bicyclic) bond motifs is 1. The van der Waals surface area contributed by atoms with Crippen molar-refractivity contribution in [2.75, 3.05) is 13.2 Å². The Morgan fingerprint density at radius 1 is 0.500 bits per heavy atom. The fourth-order valence-electron chi connectivity index (χ4n) is 6.21. The first-order valence-corrected chi connectivity index (χ1v) is 12.6. The van der Waals surface area contributed by atoms with E-state index in [4.69, 9.17) is 9.47 Å². The van der Waals surface area contributed by atoms with E-state index in [2.05, 4.69) is 48.5 Å². The Labute approximate surface area is 211 Å². The second-order valence-electron chi connectivity index (χ2n) is 9.71. The van der Waals surface area contributed by atoms with Crippen LogP contribution in [0.3, 0.4) is 0 Å². The zero-order valence-electron chi connectivity index (χ0n) is 20.1. The van der Waals surface area contributed by atoms with Gasteiger partial charge in [-0.15, -0.1) is 0 Å². The molecule has 4 heteroatoms. The summed E-state index contributed by atoms with van der Waals surface area (Å²) in [4.78, 5) is 0. The minimum absolute atomic E-state index is 0.00733. The van der Waals surface area contributed by atoms with Crippen molar-refractivity contribution in [3.05, 3.63) is 130 Å². The van der Waals surface area contributed by atoms with Crippen molar-refractivity contribution in [2.45, 2.75) is 25.0 Å². The van der Waals surface area contributed by atoms with Crippen LogP contribution in [0.25, 0.3) is 0 Å². The smallest absolute Gasteiger partial charge is 0.124 e. The number of ether oxygens (including phenoxy) is 2. The molecule has 0 heterocycles. The Kier molecular flexibility index (Phi) is 6.22. The van der Waals surface area contributed by atoms with Gasteiger partial charge < -0.3 is 19.7 Å². The average Bonchev–Trinajstić information content (AvgIpc) is 2.95. The Morgan fingerprint density at radius 3 is 1.28 bits per heavy atom. The van der Waals surface area contributed by atoms with E-state index in [1.165, 1.54) is 11.1 Å². The molecule has 0 aromatic heterocycles. The number of aliphatic hydroxyl groups is 2. The highest BCUT2D eigenvalue weighted by atomic mass is 16.5. The molecule has 3 aliphatic rings. The van der Waals surface area contributed by atoms with Crippen LogP contribution in [0.1, 0.15) is 45.2 Å². The predicted molar refractivity (Wildman–Crippen MR) is 139 cm³/mol. The summed E-state index contributed by atoms with van der Waals surface area (Å²) < 4.78 is 12.9. The molecule has 0 fully saturated rings. The van der Waals surface area contributed by atoms with E-state index in [1.807, 2.05) is 48.5 Å². The Balaban J connectivity index is 1.47. The molecule has 4 aromatic rings. The van der Waals surface area contributed by atoms with Gasteiger partial charge in [0.2, 0.25) is 0 Å². The van der Waals surface area contributed by atoms with Crippen molar-refractivity contribution >= 4 is 0 Å². The number of hydrogen-bond acceptors (Lipinski definition) is 4. The maximum Gasteiger partial charge on any atom is 0.124 e. The van der Waals surface area contributed by atoms with Gasteiger partial charge in [-0.1, -0.05) is 84.9 Å². The van der Waals surface area contributed by atoms with Crippen LogP contribution in [-0.2, 0) is 13.2 Å². The molecule has 0 saturated heterocycles. The summed E-state index contributed by atoms with van der Waals surface area (Å²) in [6, 6.07) is 32.7. The molecule has 0 amide bonds. The second kappa shape index (κ2) is 9.81. The van der Waals surface area contributed by atoms with Crippen LogP contribution >= 0.6 is 0 Å². The summed E-state index contributed by atoms with van der Waals surface area (Å²) in [6.07, 6.45) is 0. The largest absolute Gasteiger partial charge is 0.489 e. The maximum absolute atomic E-state index is 10.5. The van der Waals surface area contributed by atoms with Crippen molar-refractivity contribution in [1.29, 1.82) is 0 Å². The summed E-state index contributed by atoms with van der Waals surface area (Å²) in [5, 5.41) is 21.0. The number of rotatable bonds is 8. The van der Waals surface area contributed by atoms with Crippen molar-refractivity contribution in [3.8, 4) is 11.5 Å². The van der Waals surface area contributed by atoms with Gasteiger partial charge in [-0.2, -0.15) is 0 Å². The fourth-order valence-corrected chi connectivity index (χ4v) is 6.21. The van der Waals surface area contributed by atoms with Crippen molar-refractivity contribution < 1.29 is 19.7 Å². The quantitative estimate of drug-likeness (QED) is 0.344. The molecule has 0 aliphatic heterocycles. The summed E-state index contributed by atoms with van der Waals surface area (Å²) >= 11 is 0. The van der Waals surface area contributed by atoms with E-state index in [0.717, 1.165) is 33.8 Å². The average molecular weight is 479 g/mol. The first-order chi connectivity index (χ1) is 17.8. The lowest BCUT2D eigenvalue weighted by atomic mass is 9.54. The summed E-state index contributed by atoms with van der Waals surface area (Å²) in [5.74, 6) is 1.31. The monoisotopic (exact) mass is 478 g/mol. The topological polar surface area (TPSA) is 58.9 Å². The second-order valence-corrected chi connectivity index (χ2v) is 9.71. The van der Waals surface area contributed by atoms with E-state index in [-0.39, 0.29) is 36.9 Å². The molecule has 4 atom stereocenters. The number of hydrogen-bond donors (Lipinski definition) is 2. The molecule has 0 spiro atoms. The molecule has 0 radical (unpaired) electrons. The minimum Gasteiger partial charge on any atom is -0.489 e. The van der Waals surface area contributed by atoms with Gasteiger partial charge in [0, 0.05) is 36.2 Å². The Hall–Kier alpha value is -3.60. The third-order valence-electron chi connectivity index (χ3n) is 7.80. The molecule has 4 nitrogen and oxygen atoms in total. The minimum atomic E-state index is -0.0918. The Morgan fingerprint density at radius 2 is 0.889 bits per heavy atom. The lowest BCUT2D eigenvalue weighted by molar-refractivity contribution is 0.0781. The van der Waals surface area contributed by atoms with Crippen molar-refractivity contribution in [1.82, 2.24) is 0 Å². The standard InChI is InChI=1S/C32H30O4/c33-17-25-26(18-34)30-24-14-8-7-13-23(24)29(25)31-27(35-19-21-9-3-1-4-10-21)15-16-28(32(30)31)36-20-22-11-5-2-6-12-22/h1-16,25-26,29-30,33-34H,17-20H2. The van der Waals surface area contributed by atoms with Crippen LogP contribution in [0.2, 0.25) is 0 Å². The SMILES string of the molecule is OCC1C2c3ccccc3C(c3c(OCc4ccccc4)ccc(OCc4ccccc4)c32)C1CO. The van der Waals surface area contributed by atoms with E-state index in [9.17, 15) is 10.2 Å². The lowest BCUT2D eigenvalue weighted by Crippen LogP contribution is -2.43. The van der Waals surface area contributed by atoms with Crippen LogP contribution in [-0.4, -0.2) is 23.4 Å². The van der Waals surface area contributed by atoms with Gasteiger partial charge in [-0.3, -0.25) is 0 Å². The normalized spacial score (nSPS) is 21.5. The summed E-state index contributed by atoms with van der Waals surface area (Å²) in [5.41, 5.74) is 6.80. The highest BCUT2D eigenvalue weighted by Crippen LogP contribution is 2.62. The van der Waals surface area contributed by atoms with Gasteiger partial charge in [-0.25, -0.2) is 0 Å². The Bertz CT molecular complexity index is 1230. The van der Waals surface area contributed by atoms with Crippen LogP contribution in [0, 0.1) is 11.8 Å². The summed E-state index contributed by atoms with van der Waals surface area (Å²) in [6.45, 7) is 0.939. The van der Waals surface area contributed by atoms with Crippen molar-refractivity contribution in [3.63, 3.8) is 0 Å². The van der Waals surface area contributed by atoms with Gasteiger partial charge in [-0.05, 0) is 46.2 Å². The van der Waals surface area contributed by atoms with Gasteiger partial charge in [0.1, 0.15) is 24.7 Å². The molecular formula is C32H30O4. The van der Waals surface area contributed by atoms with E-state index < -0.39 is 0 Å². The highest BCUT2D eigenvalue weighted by Gasteiger charge is 2.51. The third kappa shape index (κ3) is 3.87. The molecule has 182 valence electrons. The van der Waals surface area contributed by atoms with Gasteiger partial charge in [0.05, 0.1) is 0 Å². The number of benzene rings is 4. The molecule has 36 heavy (non-hydrogen) atoms. The fraction of sp³-hybridized carbons (Fsp3) is 0.250. The van der Waals surface area contributed by atoms with Crippen LogP contribution < -0.4 is 9.47 Å². The molecule has 3 aliphatic carbocycles. The van der Waals surface area contributed by atoms with E-state index in [0.29, 0.717) is 13.2 Å². The van der Waals surface area contributed by atoms with Crippen LogP contribution in [0.5, 0.6) is 11.5 Å². The molecule has 2 bridgehead atoms. The summed E-state index contributed by atoms with van der Waals surface area (Å²) in [7, 11) is 0. The molecule has 4 unspecified atom stereocenters. The first-order valence-electron chi connectivity index (χ1n) is 12.6. The van der Waals surface area contributed by atoms with Crippen LogP contribution in [0.4, 0.5) is 0 Å². The van der Waals surface area contributed by atoms with E-state index in [1.54, 1.807) is 0 Å². The van der Waals surface area contributed by atoms with Crippen LogP contribution in [0.15, 0.2) is 97.1 Å². The van der Waals surface area contributed by atoms with Gasteiger partial charge in [0.15, 0.2) is 0 Å². The maximum atomic E-state index is 10.5. The highest BCUT2D eigenvalue weighted by molar-refractivity contribution is 5.65. The molecular weight excluding hydrogens is 448 g/mol. The molecule has 2 N–H and O–H groups in total. The van der Waals surface area contributed by atoms with Crippen molar-refractivity contribution in [2.24, 2.45) is 11.8 Å². The lowest BCUT2D eigenvalue weighted by Gasteiger charge is -2.50. The zero-order valence-corrected chi connectivity index (χ0v) is 20.1. The molecule has 7 rings (SSSR count). The molecule has 0 saturated carbocycles. The van der Waals surface area contributed by atoms with Gasteiger partial charge in [0.25, 0.3) is 0 Å². The molecule has 4 aromatic carbocycles.